The molecule has 0 saturated heterocycles. The quantitative estimate of drug-likeness (QED) is 0.465. The van der Waals surface area contributed by atoms with Gasteiger partial charge in [-0.25, -0.2) is 0 Å². The molecule has 4 heteroatoms. The first-order valence-corrected chi connectivity index (χ1v) is 5.29. The summed E-state index contributed by atoms with van der Waals surface area (Å²) in [7, 11) is 0. The lowest BCUT2D eigenvalue weighted by atomic mass is 9.84. The van der Waals surface area contributed by atoms with E-state index in [-0.39, 0.29) is 5.69 Å². The van der Waals surface area contributed by atoms with Crippen LogP contribution in [0.15, 0.2) is 49.6 Å². The minimum atomic E-state index is -0.671. The largest absolute Gasteiger partial charge is 0.321 e. The van der Waals surface area contributed by atoms with E-state index in [1.54, 1.807) is 24.3 Å². The standard InChI is InChI=1S/C13H16N2O2/c1-3-8-13(14,9-4-2)11-6-5-7-12(10-11)15(16)17/h3-7,10H,1-2,8-9,14H2. The third-order valence-electron chi connectivity index (χ3n) is 2.65. The van der Waals surface area contributed by atoms with Gasteiger partial charge in [0.05, 0.1) is 4.92 Å². The molecule has 0 amide bonds. The molecule has 0 aromatic heterocycles. The predicted octanol–water partition coefficient (Wildman–Crippen LogP) is 2.90. The van der Waals surface area contributed by atoms with Gasteiger partial charge in [-0.2, -0.15) is 0 Å². The van der Waals surface area contributed by atoms with E-state index >= 15 is 0 Å². The van der Waals surface area contributed by atoms with Gasteiger partial charge in [-0.15, -0.1) is 13.2 Å². The van der Waals surface area contributed by atoms with E-state index in [2.05, 4.69) is 13.2 Å². The third kappa shape index (κ3) is 3.01. The molecule has 90 valence electrons. The number of hydrogen-bond donors (Lipinski definition) is 1. The summed E-state index contributed by atoms with van der Waals surface area (Å²) in [6.07, 6.45) is 4.51. The van der Waals surface area contributed by atoms with Crippen molar-refractivity contribution in [3.8, 4) is 0 Å². The Kier molecular flexibility index (Phi) is 4.17. The van der Waals surface area contributed by atoms with Gasteiger partial charge in [0.1, 0.15) is 0 Å². The van der Waals surface area contributed by atoms with Crippen LogP contribution in [0.2, 0.25) is 0 Å². The van der Waals surface area contributed by atoms with E-state index in [4.69, 9.17) is 5.73 Å². The second-order valence-electron chi connectivity index (χ2n) is 3.95. The van der Waals surface area contributed by atoms with E-state index in [0.29, 0.717) is 12.8 Å². The molecule has 1 rings (SSSR count). The molecule has 2 N–H and O–H groups in total. The molecule has 0 radical (unpaired) electrons. The maximum absolute atomic E-state index is 10.7. The van der Waals surface area contributed by atoms with Crippen molar-refractivity contribution < 1.29 is 4.92 Å². The number of rotatable bonds is 6. The van der Waals surface area contributed by atoms with E-state index in [1.165, 1.54) is 12.1 Å². The lowest BCUT2D eigenvalue weighted by Gasteiger charge is -2.27. The predicted molar refractivity (Wildman–Crippen MR) is 68.6 cm³/mol. The van der Waals surface area contributed by atoms with Gasteiger partial charge in [0.2, 0.25) is 0 Å². The number of nitrogens with zero attached hydrogens (tertiary/aromatic N) is 1. The molecule has 1 aromatic rings. The normalized spacial score (nSPS) is 10.9. The molecule has 0 aliphatic carbocycles. The molecule has 4 nitrogen and oxygen atoms in total. The van der Waals surface area contributed by atoms with Gasteiger partial charge in [0.25, 0.3) is 5.69 Å². The Hall–Kier alpha value is -1.94. The number of benzene rings is 1. The number of nitro benzene ring substituents is 1. The summed E-state index contributed by atoms with van der Waals surface area (Å²) in [4.78, 5) is 10.3. The molecule has 0 unspecified atom stereocenters. The highest BCUT2D eigenvalue weighted by molar-refractivity contribution is 5.38. The lowest BCUT2D eigenvalue weighted by molar-refractivity contribution is -0.385. The molecule has 0 fully saturated rings. The topological polar surface area (TPSA) is 69.2 Å². The van der Waals surface area contributed by atoms with Gasteiger partial charge >= 0.3 is 0 Å². The highest BCUT2D eigenvalue weighted by Crippen LogP contribution is 2.29. The fourth-order valence-electron chi connectivity index (χ4n) is 1.76. The van der Waals surface area contributed by atoms with Gasteiger partial charge in [-0.3, -0.25) is 10.1 Å². The number of hydrogen-bond acceptors (Lipinski definition) is 3. The molecule has 0 aliphatic heterocycles. The van der Waals surface area contributed by atoms with Crippen LogP contribution in [0.1, 0.15) is 18.4 Å². The summed E-state index contributed by atoms with van der Waals surface area (Å²) in [5.41, 5.74) is 6.35. The summed E-state index contributed by atoms with van der Waals surface area (Å²) < 4.78 is 0. The fraction of sp³-hybridized carbons (Fsp3) is 0.231. The highest BCUT2D eigenvalue weighted by Gasteiger charge is 2.25. The van der Waals surface area contributed by atoms with Crippen LogP contribution in [0, 0.1) is 10.1 Å². The fourth-order valence-corrected chi connectivity index (χ4v) is 1.76. The Morgan fingerprint density at radius 1 is 1.35 bits per heavy atom. The smallest absolute Gasteiger partial charge is 0.269 e. The minimum Gasteiger partial charge on any atom is -0.321 e. The summed E-state index contributed by atoms with van der Waals surface area (Å²) in [6, 6.07) is 6.39. The van der Waals surface area contributed by atoms with Crippen molar-refractivity contribution in [1.82, 2.24) is 0 Å². The van der Waals surface area contributed by atoms with Gasteiger partial charge in [-0.1, -0.05) is 24.3 Å². The molecule has 0 spiro atoms. The number of non-ortho nitro benzene ring substituents is 1. The van der Waals surface area contributed by atoms with Crippen molar-refractivity contribution >= 4 is 5.69 Å². The first kappa shape index (κ1) is 13.1. The van der Waals surface area contributed by atoms with Crippen LogP contribution >= 0.6 is 0 Å². The van der Waals surface area contributed by atoms with E-state index in [1.807, 2.05) is 0 Å². The van der Waals surface area contributed by atoms with E-state index < -0.39 is 10.5 Å². The summed E-state index contributed by atoms with van der Waals surface area (Å²) in [5.74, 6) is 0. The Morgan fingerprint density at radius 2 is 1.94 bits per heavy atom. The van der Waals surface area contributed by atoms with Crippen LogP contribution in [0.25, 0.3) is 0 Å². The monoisotopic (exact) mass is 232 g/mol. The third-order valence-corrected chi connectivity index (χ3v) is 2.65. The number of nitro groups is 1. The zero-order valence-corrected chi connectivity index (χ0v) is 9.63. The van der Waals surface area contributed by atoms with Crippen molar-refractivity contribution in [2.75, 3.05) is 0 Å². The molecular weight excluding hydrogens is 216 g/mol. The summed E-state index contributed by atoms with van der Waals surface area (Å²) >= 11 is 0. The average Bonchev–Trinajstić information content (AvgIpc) is 2.30. The Balaban J connectivity index is 3.18. The van der Waals surface area contributed by atoms with Crippen molar-refractivity contribution in [3.63, 3.8) is 0 Å². The second kappa shape index (κ2) is 5.41. The summed E-state index contributed by atoms with van der Waals surface area (Å²) in [5, 5.41) is 10.7. The average molecular weight is 232 g/mol. The molecule has 0 atom stereocenters. The van der Waals surface area contributed by atoms with Crippen LogP contribution in [-0.4, -0.2) is 4.92 Å². The van der Waals surface area contributed by atoms with Crippen LogP contribution in [0.5, 0.6) is 0 Å². The van der Waals surface area contributed by atoms with Crippen LogP contribution in [0.4, 0.5) is 5.69 Å². The Morgan fingerprint density at radius 3 is 2.41 bits per heavy atom. The van der Waals surface area contributed by atoms with E-state index in [0.717, 1.165) is 5.56 Å². The molecule has 0 heterocycles. The van der Waals surface area contributed by atoms with Gasteiger partial charge < -0.3 is 5.73 Å². The van der Waals surface area contributed by atoms with Crippen molar-refractivity contribution in [2.45, 2.75) is 18.4 Å². The second-order valence-corrected chi connectivity index (χ2v) is 3.95. The zero-order valence-electron chi connectivity index (χ0n) is 9.63. The Labute approximate surface area is 101 Å². The van der Waals surface area contributed by atoms with Crippen molar-refractivity contribution in [2.24, 2.45) is 5.73 Å². The van der Waals surface area contributed by atoms with Crippen LogP contribution in [0.3, 0.4) is 0 Å². The maximum Gasteiger partial charge on any atom is 0.269 e. The van der Waals surface area contributed by atoms with Crippen LogP contribution in [-0.2, 0) is 5.54 Å². The first-order chi connectivity index (χ1) is 8.03. The maximum atomic E-state index is 10.7. The minimum absolute atomic E-state index is 0.0467. The molecule has 0 bridgehead atoms. The van der Waals surface area contributed by atoms with Crippen molar-refractivity contribution in [1.29, 1.82) is 0 Å². The van der Waals surface area contributed by atoms with E-state index in [9.17, 15) is 10.1 Å². The summed E-state index contributed by atoms with van der Waals surface area (Å²) in [6.45, 7) is 7.33. The highest BCUT2D eigenvalue weighted by atomic mass is 16.6. The number of nitrogens with two attached hydrogens (primary N) is 1. The molecular formula is C13H16N2O2. The van der Waals surface area contributed by atoms with Gasteiger partial charge in [-0.05, 0) is 18.4 Å². The zero-order chi connectivity index (χ0) is 12.9. The van der Waals surface area contributed by atoms with Crippen molar-refractivity contribution in [3.05, 3.63) is 65.3 Å². The molecule has 0 saturated carbocycles. The lowest BCUT2D eigenvalue weighted by Crippen LogP contribution is -2.35. The SMILES string of the molecule is C=CCC(N)(CC=C)c1cccc([N+](=O)[O-])c1. The van der Waals surface area contributed by atoms with Crippen LogP contribution < -0.4 is 5.73 Å². The molecule has 1 aromatic carbocycles. The molecule has 0 aliphatic rings. The first-order valence-electron chi connectivity index (χ1n) is 5.29. The van der Waals surface area contributed by atoms with Gasteiger partial charge in [0, 0.05) is 17.7 Å². The Bertz CT molecular complexity index is 431. The molecule has 17 heavy (non-hydrogen) atoms. The van der Waals surface area contributed by atoms with Gasteiger partial charge in [0.15, 0.2) is 0 Å².